The van der Waals surface area contributed by atoms with Gasteiger partial charge in [0.2, 0.25) is 0 Å². The molecule has 2 fully saturated rings. The van der Waals surface area contributed by atoms with E-state index in [4.69, 9.17) is 9.05 Å². The summed E-state index contributed by atoms with van der Waals surface area (Å²) in [5.41, 5.74) is 0.414. The van der Waals surface area contributed by atoms with Crippen molar-refractivity contribution in [2.24, 2.45) is 35.5 Å². The fraction of sp³-hybridized carbons (Fsp3) is 0.889. The normalized spacial score (nSPS) is 37.1. The minimum atomic E-state index is -3.62. The summed E-state index contributed by atoms with van der Waals surface area (Å²) in [7, 11) is -3.62. The smallest absolute Gasteiger partial charge is 0.304 e. The predicted octanol–water partition coefficient (Wildman–Crippen LogP) is 7.81. The van der Waals surface area contributed by atoms with Crippen LogP contribution in [0.1, 0.15) is 99.8 Å². The summed E-state index contributed by atoms with van der Waals surface area (Å²) in [4.78, 5) is 13.1. The van der Waals surface area contributed by atoms with Crippen LogP contribution in [0.3, 0.4) is 0 Å². The van der Waals surface area contributed by atoms with Crippen molar-refractivity contribution >= 4 is 13.4 Å². The molecule has 0 aromatic rings. The molecule has 1 unspecified atom stereocenters. The van der Waals surface area contributed by atoms with E-state index in [1.54, 1.807) is 6.08 Å². The van der Waals surface area contributed by atoms with Gasteiger partial charge in [0, 0.05) is 0 Å². The molecule has 184 valence electrons. The number of ketones is 1. The van der Waals surface area contributed by atoms with Crippen LogP contribution in [-0.4, -0.2) is 23.7 Å². The maximum atomic E-state index is 14.7. The Balaban J connectivity index is 1.92. The van der Waals surface area contributed by atoms with E-state index in [0.29, 0.717) is 41.9 Å². The first kappa shape index (κ1) is 26.2. The van der Waals surface area contributed by atoms with Gasteiger partial charge in [0.05, 0.1) is 12.2 Å². The van der Waals surface area contributed by atoms with E-state index in [0.717, 1.165) is 37.7 Å². The standard InChI is InChI=1S/C27H47O4P/c1-17(2)22-11-8-20(6)15-25(22)30-32(29,27-13-10-19(5)14-24(27)28)31-26-16-21(7)9-12-23(26)18(3)4/h14,17-18,20-23,25-27H,8-13,15-16H2,1-7H3/t20-,21-,22+,23+,25-,26-,27?/m1/s1. The quantitative estimate of drug-likeness (QED) is 0.359. The third kappa shape index (κ3) is 6.16. The highest BCUT2D eigenvalue weighted by Gasteiger charge is 2.48. The highest BCUT2D eigenvalue weighted by atomic mass is 31.2. The van der Waals surface area contributed by atoms with Crippen molar-refractivity contribution in [3.05, 3.63) is 11.6 Å². The molecule has 0 radical (unpaired) electrons. The molecule has 0 saturated heterocycles. The van der Waals surface area contributed by atoms with E-state index >= 15 is 0 Å². The maximum Gasteiger partial charge on any atom is 0.342 e. The molecule has 2 saturated carbocycles. The second kappa shape index (κ2) is 10.9. The lowest BCUT2D eigenvalue weighted by atomic mass is 9.75. The number of hydrogen-bond donors (Lipinski definition) is 0. The molecule has 32 heavy (non-hydrogen) atoms. The van der Waals surface area contributed by atoms with Crippen LogP contribution < -0.4 is 0 Å². The van der Waals surface area contributed by atoms with Crippen molar-refractivity contribution in [1.82, 2.24) is 0 Å². The van der Waals surface area contributed by atoms with E-state index in [-0.39, 0.29) is 18.0 Å². The molecule has 0 aromatic carbocycles. The minimum absolute atomic E-state index is 0.0630. The number of carbonyl (C=O) groups excluding carboxylic acids is 1. The van der Waals surface area contributed by atoms with Crippen LogP contribution >= 0.6 is 7.60 Å². The van der Waals surface area contributed by atoms with Crippen molar-refractivity contribution in [2.75, 3.05) is 0 Å². The number of carbonyl (C=O) groups is 1. The van der Waals surface area contributed by atoms with Crippen molar-refractivity contribution in [3.63, 3.8) is 0 Å². The topological polar surface area (TPSA) is 52.6 Å². The van der Waals surface area contributed by atoms with Gasteiger partial charge in [0.1, 0.15) is 5.66 Å². The fourth-order valence-electron chi connectivity index (χ4n) is 6.25. The molecule has 3 aliphatic carbocycles. The lowest BCUT2D eigenvalue weighted by molar-refractivity contribution is -0.115. The van der Waals surface area contributed by atoms with Crippen LogP contribution in [0.4, 0.5) is 0 Å². The molecule has 4 nitrogen and oxygen atoms in total. The summed E-state index contributed by atoms with van der Waals surface area (Å²) in [6, 6.07) is 0. The summed E-state index contributed by atoms with van der Waals surface area (Å²) in [5, 5.41) is 0. The van der Waals surface area contributed by atoms with E-state index < -0.39 is 13.3 Å². The Bertz CT molecular complexity index is 689. The average Bonchev–Trinajstić information content (AvgIpc) is 2.67. The molecule has 7 atom stereocenters. The maximum absolute atomic E-state index is 14.7. The molecule has 0 amide bonds. The van der Waals surface area contributed by atoms with Crippen LogP contribution in [0.2, 0.25) is 0 Å². The monoisotopic (exact) mass is 466 g/mol. The van der Waals surface area contributed by atoms with Gasteiger partial charge in [-0.05, 0) is 87.0 Å². The zero-order chi connectivity index (χ0) is 23.6. The van der Waals surface area contributed by atoms with Gasteiger partial charge in [0.15, 0.2) is 5.78 Å². The Morgan fingerprint density at radius 3 is 1.72 bits per heavy atom. The van der Waals surface area contributed by atoms with Gasteiger partial charge in [-0.15, -0.1) is 0 Å². The highest BCUT2D eigenvalue weighted by Crippen LogP contribution is 2.61. The molecule has 0 aliphatic heterocycles. The molecule has 3 rings (SSSR count). The van der Waals surface area contributed by atoms with Gasteiger partial charge >= 0.3 is 7.60 Å². The third-order valence-corrected chi connectivity index (χ3v) is 10.8. The number of rotatable bonds is 7. The Labute approximate surface area is 196 Å². The van der Waals surface area contributed by atoms with Crippen LogP contribution in [0, 0.1) is 35.5 Å². The molecule has 0 spiro atoms. The lowest BCUT2D eigenvalue weighted by Gasteiger charge is -2.43. The van der Waals surface area contributed by atoms with Crippen LogP contribution in [0.15, 0.2) is 11.6 Å². The van der Waals surface area contributed by atoms with Crippen LogP contribution in [0.5, 0.6) is 0 Å². The first-order valence-electron chi connectivity index (χ1n) is 13.2. The lowest BCUT2D eigenvalue weighted by Crippen LogP contribution is -2.39. The average molecular weight is 467 g/mol. The minimum Gasteiger partial charge on any atom is -0.304 e. The molecular formula is C27H47O4P. The van der Waals surface area contributed by atoms with E-state index in [2.05, 4.69) is 41.5 Å². The zero-order valence-electron chi connectivity index (χ0n) is 21.5. The van der Waals surface area contributed by atoms with Crippen molar-refractivity contribution < 1.29 is 18.4 Å². The molecule has 0 aromatic heterocycles. The largest absolute Gasteiger partial charge is 0.342 e. The summed E-state index contributed by atoms with van der Waals surface area (Å²) < 4.78 is 27.9. The van der Waals surface area contributed by atoms with Gasteiger partial charge < -0.3 is 9.05 Å². The van der Waals surface area contributed by atoms with E-state index in [1.165, 1.54) is 12.8 Å². The van der Waals surface area contributed by atoms with Gasteiger partial charge in [-0.1, -0.05) is 60.0 Å². The van der Waals surface area contributed by atoms with Gasteiger partial charge in [-0.3, -0.25) is 9.36 Å². The Morgan fingerprint density at radius 1 is 0.844 bits per heavy atom. The Morgan fingerprint density at radius 2 is 1.31 bits per heavy atom. The first-order valence-corrected chi connectivity index (χ1v) is 14.8. The van der Waals surface area contributed by atoms with Gasteiger partial charge in [-0.2, -0.15) is 0 Å². The van der Waals surface area contributed by atoms with Crippen LogP contribution in [-0.2, 0) is 18.4 Å². The second-order valence-corrected chi connectivity index (χ2v) is 14.1. The second-order valence-electron chi connectivity index (χ2n) is 11.9. The Kier molecular flexibility index (Phi) is 8.89. The summed E-state index contributed by atoms with van der Waals surface area (Å²) in [5.74, 6) is 2.69. The van der Waals surface area contributed by atoms with Crippen molar-refractivity contribution in [3.8, 4) is 0 Å². The van der Waals surface area contributed by atoms with Gasteiger partial charge in [-0.25, -0.2) is 0 Å². The molecule has 5 heteroatoms. The molecule has 0 N–H and O–H groups in total. The van der Waals surface area contributed by atoms with Crippen molar-refractivity contribution in [1.29, 1.82) is 0 Å². The van der Waals surface area contributed by atoms with Crippen molar-refractivity contribution in [2.45, 2.75) is 118 Å². The summed E-state index contributed by atoms with van der Waals surface area (Å²) >= 11 is 0. The SMILES string of the molecule is CC1=CC(=O)C(P(=O)(O[C@@H]2C[C@H](C)CC[C@H]2C(C)C)O[C@@H]2C[C@H](C)CC[C@H]2C(C)C)CC1. The molecular weight excluding hydrogens is 419 g/mol. The summed E-state index contributed by atoms with van der Waals surface area (Å²) in [6.45, 7) is 15.4. The summed E-state index contributed by atoms with van der Waals surface area (Å²) in [6.07, 6.45) is 9.22. The van der Waals surface area contributed by atoms with Gasteiger partial charge in [0.25, 0.3) is 0 Å². The Hall–Kier alpha value is -0.440. The fourth-order valence-corrected chi connectivity index (χ4v) is 8.67. The van der Waals surface area contributed by atoms with E-state index in [1.807, 2.05) is 6.92 Å². The third-order valence-electron chi connectivity index (χ3n) is 8.40. The molecule has 0 bridgehead atoms. The first-order chi connectivity index (χ1) is 15.0. The van der Waals surface area contributed by atoms with E-state index in [9.17, 15) is 9.36 Å². The zero-order valence-corrected chi connectivity index (χ0v) is 22.4. The number of allylic oxidation sites excluding steroid dienone is 2. The molecule has 3 aliphatic rings. The molecule has 0 heterocycles. The number of hydrogen-bond acceptors (Lipinski definition) is 4. The predicted molar refractivity (Wildman–Crippen MR) is 132 cm³/mol. The van der Waals surface area contributed by atoms with Crippen LogP contribution in [0.25, 0.3) is 0 Å². The highest BCUT2D eigenvalue weighted by molar-refractivity contribution is 7.55.